The summed E-state index contributed by atoms with van der Waals surface area (Å²) in [4.78, 5) is 42.8. The van der Waals surface area contributed by atoms with Gasteiger partial charge in [-0.05, 0) is 90.0 Å². The highest BCUT2D eigenvalue weighted by molar-refractivity contribution is 5.98. The molecule has 3 N–H and O–H groups in total. The zero-order valence-electron chi connectivity index (χ0n) is 26.7. The van der Waals surface area contributed by atoms with E-state index in [0.717, 1.165) is 34.4 Å². The van der Waals surface area contributed by atoms with Crippen molar-refractivity contribution in [2.75, 3.05) is 13.1 Å². The molecule has 0 saturated carbocycles. The molecule has 0 radical (unpaired) electrons. The molecule has 10 nitrogen and oxygen atoms in total. The molecule has 1 aliphatic rings. The van der Waals surface area contributed by atoms with Crippen molar-refractivity contribution in [2.24, 2.45) is 0 Å². The first kappa shape index (κ1) is 32.6. The predicted octanol–water partition coefficient (Wildman–Crippen LogP) is 5.43. The molecule has 3 amide bonds. The Morgan fingerprint density at radius 2 is 1.61 bits per heavy atom. The van der Waals surface area contributed by atoms with Crippen LogP contribution in [0.5, 0.6) is 0 Å². The molecular weight excluding hydrogens is 558 g/mol. The van der Waals surface area contributed by atoms with Gasteiger partial charge in [0.1, 0.15) is 11.2 Å². The molecule has 2 aromatic heterocycles. The Bertz CT molecular complexity index is 1450. The average Bonchev–Trinajstić information content (AvgIpc) is 3.32. The number of fused-ring (bicyclic) bond motifs is 3. The summed E-state index contributed by atoms with van der Waals surface area (Å²) >= 11 is 0. The van der Waals surface area contributed by atoms with Crippen LogP contribution in [0.1, 0.15) is 75.0 Å². The highest BCUT2D eigenvalue weighted by Gasteiger charge is 2.28. The van der Waals surface area contributed by atoms with Gasteiger partial charge in [-0.15, -0.1) is 0 Å². The van der Waals surface area contributed by atoms with Gasteiger partial charge in [-0.2, -0.15) is 0 Å². The number of benzene rings is 1. The molecule has 236 valence electrons. The van der Waals surface area contributed by atoms with Crippen LogP contribution in [0.4, 0.5) is 9.59 Å². The molecule has 1 atom stereocenters. The van der Waals surface area contributed by atoms with Gasteiger partial charge < -0.3 is 30.0 Å². The van der Waals surface area contributed by atoms with Crippen molar-refractivity contribution in [1.82, 2.24) is 25.5 Å². The number of rotatable bonds is 10. The van der Waals surface area contributed by atoms with Crippen LogP contribution in [0.2, 0.25) is 0 Å². The highest BCUT2D eigenvalue weighted by atomic mass is 16.6. The van der Waals surface area contributed by atoms with Crippen LogP contribution in [-0.4, -0.2) is 58.0 Å². The highest BCUT2D eigenvalue weighted by Crippen LogP contribution is 2.36. The summed E-state index contributed by atoms with van der Waals surface area (Å²) in [5.74, 6) is -0.198. The third-order valence-corrected chi connectivity index (χ3v) is 7.03. The number of hydrogen-bond donors (Lipinski definition) is 3. The second kappa shape index (κ2) is 14.0. The Hall–Kier alpha value is -4.34. The first-order chi connectivity index (χ1) is 20.8. The quantitative estimate of drug-likeness (QED) is 0.266. The maximum atomic E-state index is 13.9. The average molecular weight is 604 g/mol. The van der Waals surface area contributed by atoms with Crippen LogP contribution < -0.4 is 16.0 Å². The Labute approximate surface area is 259 Å². The van der Waals surface area contributed by atoms with Crippen LogP contribution in [-0.2, 0) is 35.3 Å². The minimum atomic E-state index is -0.627. The fourth-order valence-corrected chi connectivity index (χ4v) is 5.27. The Morgan fingerprint density at radius 1 is 0.932 bits per heavy atom. The van der Waals surface area contributed by atoms with Crippen LogP contribution in [0, 0.1) is 0 Å². The molecule has 1 aromatic carbocycles. The van der Waals surface area contributed by atoms with E-state index in [1.54, 1.807) is 6.20 Å². The second-order valence-electron chi connectivity index (χ2n) is 13.1. The minimum Gasteiger partial charge on any atom is -0.444 e. The van der Waals surface area contributed by atoms with Crippen LogP contribution >= 0.6 is 0 Å². The normalized spacial score (nSPS) is 13.2. The summed E-state index contributed by atoms with van der Waals surface area (Å²) in [7, 11) is 0. The van der Waals surface area contributed by atoms with E-state index in [1.807, 2.05) is 90.3 Å². The maximum absolute atomic E-state index is 13.9. The van der Waals surface area contributed by atoms with Crippen molar-refractivity contribution in [3.05, 3.63) is 77.2 Å². The molecule has 0 unspecified atom stereocenters. The Balaban J connectivity index is 1.53. The number of carbonyl (C=O) groups is 3. The molecule has 1 aliphatic carbocycles. The van der Waals surface area contributed by atoms with Gasteiger partial charge in [-0.25, -0.2) is 9.59 Å². The van der Waals surface area contributed by atoms with Gasteiger partial charge >= 0.3 is 12.2 Å². The Morgan fingerprint density at radius 3 is 2.30 bits per heavy atom. The summed E-state index contributed by atoms with van der Waals surface area (Å²) in [6, 6.07) is 11.5. The number of amides is 3. The van der Waals surface area contributed by atoms with Crippen molar-refractivity contribution >= 4 is 18.1 Å². The van der Waals surface area contributed by atoms with E-state index in [-0.39, 0.29) is 18.5 Å². The van der Waals surface area contributed by atoms with E-state index < -0.39 is 23.4 Å². The van der Waals surface area contributed by atoms with E-state index in [2.05, 4.69) is 25.5 Å². The van der Waals surface area contributed by atoms with Gasteiger partial charge in [-0.3, -0.25) is 9.78 Å². The topological polar surface area (TPSA) is 124 Å². The lowest BCUT2D eigenvalue weighted by Crippen LogP contribution is -2.46. The number of alkyl carbamates (subject to hydrolysis) is 2. The van der Waals surface area contributed by atoms with Gasteiger partial charge in [0, 0.05) is 43.8 Å². The van der Waals surface area contributed by atoms with Crippen molar-refractivity contribution < 1.29 is 23.9 Å². The molecule has 3 aromatic rings. The summed E-state index contributed by atoms with van der Waals surface area (Å²) in [5.41, 5.74) is 4.65. The van der Waals surface area contributed by atoms with E-state index in [4.69, 9.17) is 9.47 Å². The number of hydrogen-bond acceptors (Lipinski definition) is 6. The number of pyridine rings is 1. The molecule has 44 heavy (non-hydrogen) atoms. The van der Waals surface area contributed by atoms with E-state index in [9.17, 15) is 14.4 Å². The molecule has 4 rings (SSSR count). The van der Waals surface area contributed by atoms with Crippen molar-refractivity contribution in [2.45, 2.75) is 91.0 Å². The summed E-state index contributed by atoms with van der Waals surface area (Å²) in [6.45, 7) is 12.2. The standard InChI is InChI=1S/C34H45N5O5/c1-33(2,3)43-31(41)36-16-10-18-39-22-28(27-14-13-24-20-35-17-15-26(24)29(27)39)30(40)38-25(19-23-11-8-7-9-12-23)21-37-32(42)44-34(4,5)6/h7-9,11-12,15,17,20,22,25H,10,13-14,16,18-19,21H2,1-6H3,(H,36,41)(H,37,42)(H,38,40)/t25-/m0/s1. The number of nitrogens with zero attached hydrogens (tertiary/aromatic N) is 2. The van der Waals surface area contributed by atoms with Gasteiger partial charge in [0.15, 0.2) is 0 Å². The number of aryl methyl sites for hydroxylation is 2. The molecular formula is C34H45N5O5. The van der Waals surface area contributed by atoms with Crippen molar-refractivity contribution in [3.63, 3.8) is 0 Å². The van der Waals surface area contributed by atoms with Gasteiger partial charge in [-0.1, -0.05) is 30.3 Å². The summed E-state index contributed by atoms with van der Waals surface area (Å²) in [5, 5.41) is 8.82. The molecule has 0 saturated heterocycles. The SMILES string of the molecule is CC(C)(C)OC(=O)NCCCn1cc(C(=O)N[C@H](CNC(=O)OC(C)(C)C)Cc2ccccc2)c2c1-c1ccncc1CC2. The lowest BCUT2D eigenvalue weighted by molar-refractivity contribution is 0.0512. The third-order valence-electron chi connectivity index (χ3n) is 7.03. The van der Waals surface area contributed by atoms with E-state index in [0.29, 0.717) is 37.9 Å². The van der Waals surface area contributed by atoms with Gasteiger partial charge in [0.2, 0.25) is 0 Å². The third kappa shape index (κ3) is 9.33. The monoisotopic (exact) mass is 603 g/mol. The first-order valence-electron chi connectivity index (χ1n) is 15.2. The lowest BCUT2D eigenvalue weighted by Gasteiger charge is -2.23. The molecule has 2 heterocycles. The lowest BCUT2D eigenvalue weighted by atomic mass is 9.89. The van der Waals surface area contributed by atoms with Crippen molar-refractivity contribution in [3.8, 4) is 11.3 Å². The smallest absolute Gasteiger partial charge is 0.407 e. The zero-order chi connectivity index (χ0) is 31.9. The van der Waals surface area contributed by atoms with Crippen molar-refractivity contribution in [1.29, 1.82) is 0 Å². The van der Waals surface area contributed by atoms with E-state index in [1.165, 1.54) is 0 Å². The second-order valence-corrected chi connectivity index (χ2v) is 13.1. The molecule has 0 spiro atoms. The number of carbonyl (C=O) groups excluding carboxylic acids is 3. The molecule has 0 aliphatic heterocycles. The largest absolute Gasteiger partial charge is 0.444 e. The number of ether oxygens (including phenoxy) is 2. The van der Waals surface area contributed by atoms with E-state index >= 15 is 0 Å². The minimum absolute atomic E-state index is 0.198. The summed E-state index contributed by atoms with van der Waals surface area (Å²) < 4.78 is 12.9. The van der Waals surface area contributed by atoms with Crippen LogP contribution in [0.15, 0.2) is 55.0 Å². The molecule has 0 fully saturated rings. The molecule has 10 heteroatoms. The summed E-state index contributed by atoms with van der Waals surface area (Å²) in [6.07, 6.45) is 7.27. The predicted molar refractivity (Wildman–Crippen MR) is 170 cm³/mol. The van der Waals surface area contributed by atoms with Crippen LogP contribution in [0.25, 0.3) is 11.3 Å². The van der Waals surface area contributed by atoms with Gasteiger partial charge in [0.05, 0.1) is 17.3 Å². The fraction of sp³-hybridized carbons (Fsp3) is 0.471. The number of nitrogens with one attached hydrogen (secondary N) is 3. The first-order valence-corrected chi connectivity index (χ1v) is 15.2. The Kier molecular flexibility index (Phi) is 10.3. The maximum Gasteiger partial charge on any atom is 0.407 e. The number of aromatic nitrogens is 2. The molecule has 0 bridgehead atoms. The van der Waals surface area contributed by atoms with Gasteiger partial charge in [0.25, 0.3) is 5.91 Å². The zero-order valence-corrected chi connectivity index (χ0v) is 26.7. The van der Waals surface area contributed by atoms with Crippen LogP contribution in [0.3, 0.4) is 0 Å². The fourth-order valence-electron chi connectivity index (χ4n) is 5.27.